The van der Waals surface area contributed by atoms with Gasteiger partial charge in [-0.2, -0.15) is 0 Å². The Labute approximate surface area is 229 Å². The number of likely N-dealkylation sites (tertiary alicyclic amines) is 2. The van der Waals surface area contributed by atoms with Gasteiger partial charge in [0.15, 0.2) is 0 Å². The summed E-state index contributed by atoms with van der Waals surface area (Å²) in [6, 6.07) is 8.60. The minimum Gasteiger partial charge on any atom is -0.338 e. The van der Waals surface area contributed by atoms with E-state index in [4.69, 9.17) is 11.6 Å². The number of hydrogen-bond acceptors (Lipinski definition) is 3. The molecule has 0 radical (unpaired) electrons. The lowest BCUT2D eigenvalue weighted by atomic mass is 9.85. The van der Waals surface area contributed by atoms with Crippen LogP contribution in [0.25, 0.3) is 0 Å². The topological polar surface area (TPSA) is 43.9 Å². The van der Waals surface area contributed by atoms with Crippen molar-refractivity contribution in [2.24, 2.45) is 17.8 Å². The van der Waals surface area contributed by atoms with Crippen LogP contribution in [0.15, 0.2) is 24.3 Å². The number of halogens is 1. The van der Waals surface area contributed by atoms with Gasteiger partial charge in [0.2, 0.25) is 11.8 Å². The van der Waals surface area contributed by atoms with E-state index in [1.807, 2.05) is 26.0 Å². The Morgan fingerprint density at radius 2 is 1.57 bits per heavy atom. The third-order valence-corrected chi connectivity index (χ3v) is 9.49. The molecule has 2 saturated heterocycles. The van der Waals surface area contributed by atoms with Gasteiger partial charge in [0.05, 0.1) is 12.0 Å². The molecule has 1 aromatic rings. The first-order chi connectivity index (χ1) is 17.4. The molecular weight excluding hydrogens is 482 g/mol. The van der Waals surface area contributed by atoms with Crippen LogP contribution in [-0.4, -0.2) is 69.8 Å². The number of hydrogen-bond donors (Lipinski definition) is 0. The molecular formula is C31H48ClN3O2. The molecule has 1 aromatic carbocycles. The number of benzene rings is 1. The molecule has 37 heavy (non-hydrogen) atoms. The van der Waals surface area contributed by atoms with Gasteiger partial charge in [0, 0.05) is 54.1 Å². The Morgan fingerprint density at radius 1 is 0.946 bits per heavy atom. The van der Waals surface area contributed by atoms with Gasteiger partial charge >= 0.3 is 0 Å². The molecule has 206 valence electrons. The Bertz CT molecular complexity index is 948. The zero-order valence-corrected chi connectivity index (χ0v) is 24.8. The van der Waals surface area contributed by atoms with Crippen molar-refractivity contribution in [3.05, 3.63) is 34.9 Å². The first-order valence-electron chi connectivity index (χ1n) is 14.5. The fourth-order valence-electron chi connectivity index (χ4n) is 6.85. The molecule has 3 aliphatic rings. The maximum absolute atomic E-state index is 14.2. The van der Waals surface area contributed by atoms with Gasteiger partial charge < -0.3 is 9.80 Å². The van der Waals surface area contributed by atoms with Gasteiger partial charge in [0.25, 0.3) is 0 Å². The summed E-state index contributed by atoms with van der Waals surface area (Å²) >= 11 is 6.19. The molecule has 0 unspecified atom stereocenters. The summed E-state index contributed by atoms with van der Waals surface area (Å²) in [4.78, 5) is 34.5. The first-order valence-corrected chi connectivity index (χ1v) is 14.9. The van der Waals surface area contributed by atoms with Crippen LogP contribution in [0.1, 0.15) is 92.1 Å². The molecule has 1 aliphatic carbocycles. The molecule has 5 nitrogen and oxygen atoms in total. The van der Waals surface area contributed by atoms with E-state index < -0.39 is 0 Å². The van der Waals surface area contributed by atoms with E-state index in [2.05, 4.69) is 61.5 Å². The average molecular weight is 530 g/mol. The number of amides is 2. The van der Waals surface area contributed by atoms with Crippen LogP contribution in [0.2, 0.25) is 5.02 Å². The summed E-state index contributed by atoms with van der Waals surface area (Å²) in [5.41, 5.74) is 1.18. The summed E-state index contributed by atoms with van der Waals surface area (Å²) in [5, 5.41) is 0.723. The van der Waals surface area contributed by atoms with Gasteiger partial charge in [-0.05, 0) is 83.4 Å². The van der Waals surface area contributed by atoms with Crippen LogP contribution in [0, 0.1) is 17.8 Å². The minimum atomic E-state index is -0.0913. The molecule has 0 N–H and O–H groups in total. The zero-order valence-electron chi connectivity index (χ0n) is 24.0. The van der Waals surface area contributed by atoms with Crippen molar-refractivity contribution in [1.29, 1.82) is 0 Å². The lowest BCUT2D eigenvalue weighted by Crippen LogP contribution is -2.51. The molecule has 0 aromatic heterocycles. The lowest BCUT2D eigenvalue weighted by molar-refractivity contribution is -0.142. The highest BCUT2D eigenvalue weighted by atomic mass is 35.5. The van der Waals surface area contributed by atoms with Gasteiger partial charge in [-0.15, -0.1) is 0 Å². The molecule has 3 fully saturated rings. The summed E-state index contributed by atoms with van der Waals surface area (Å²) in [5.74, 6) is 1.27. The fourth-order valence-corrected chi connectivity index (χ4v) is 6.98. The second-order valence-corrected chi connectivity index (χ2v) is 13.8. The maximum Gasteiger partial charge on any atom is 0.227 e. The van der Waals surface area contributed by atoms with Crippen LogP contribution < -0.4 is 0 Å². The van der Waals surface area contributed by atoms with Crippen LogP contribution >= 0.6 is 11.6 Å². The van der Waals surface area contributed by atoms with Crippen molar-refractivity contribution in [3.63, 3.8) is 0 Å². The Kier molecular flexibility index (Phi) is 8.65. The average Bonchev–Trinajstić information content (AvgIpc) is 3.45. The van der Waals surface area contributed by atoms with Crippen molar-refractivity contribution in [2.45, 2.75) is 110 Å². The predicted molar refractivity (Wildman–Crippen MR) is 152 cm³/mol. The maximum atomic E-state index is 14.2. The molecule has 1 saturated carbocycles. The Morgan fingerprint density at radius 3 is 2.14 bits per heavy atom. The van der Waals surface area contributed by atoms with Crippen LogP contribution in [0.3, 0.4) is 0 Å². The first kappa shape index (κ1) is 28.4. The van der Waals surface area contributed by atoms with Crippen molar-refractivity contribution >= 4 is 23.4 Å². The van der Waals surface area contributed by atoms with E-state index in [1.54, 1.807) is 0 Å². The molecule has 0 bridgehead atoms. The van der Waals surface area contributed by atoms with Crippen LogP contribution in [0.4, 0.5) is 0 Å². The van der Waals surface area contributed by atoms with E-state index in [1.165, 1.54) is 18.4 Å². The third kappa shape index (κ3) is 6.19. The highest BCUT2D eigenvalue weighted by molar-refractivity contribution is 6.30. The quantitative estimate of drug-likeness (QED) is 0.455. The number of carbonyl (C=O) groups excluding carboxylic acids is 2. The van der Waals surface area contributed by atoms with Crippen molar-refractivity contribution < 1.29 is 9.59 Å². The molecule has 6 heteroatoms. The van der Waals surface area contributed by atoms with E-state index in [9.17, 15) is 9.59 Å². The lowest BCUT2D eigenvalue weighted by Gasteiger charge is -2.41. The number of nitrogens with zero attached hydrogens (tertiary/aromatic N) is 3. The number of carbonyl (C=O) groups is 2. The van der Waals surface area contributed by atoms with Gasteiger partial charge in [-0.3, -0.25) is 14.5 Å². The van der Waals surface area contributed by atoms with Gasteiger partial charge in [0.1, 0.15) is 0 Å². The molecule has 4 rings (SSSR count). The largest absolute Gasteiger partial charge is 0.338 e. The minimum absolute atomic E-state index is 0.00251. The third-order valence-electron chi connectivity index (χ3n) is 9.24. The van der Waals surface area contributed by atoms with E-state index in [0.717, 1.165) is 43.3 Å². The highest BCUT2D eigenvalue weighted by Gasteiger charge is 2.47. The van der Waals surface area contributed by atoms with Gasteiger partial charge in [-0.1, -0.05) is 44.5 Å². The van der Waals surface area contributed by atoms with Crippen molar-refractivity contribution in [2.75, 3.05) is 19.6 Å². The highest BCUT2D eigenvalue weighted by Crippen LogP contribution is 2.40. The molecule has 4 atom stereocenters. The SMILES string of the molecule is CC(C)C(=O)N([C@H]1C[C@@H](C)N(C(=O)[C@@H]2CN(C(C)(C)C)C[C@H]2c2ccc(Cl)cc2)C1)[C@H]1CC[C@@H](C)CC1. The number of rotatable bonds is 5. The smallest absolute Gasteiger partial charge is 0.227 e. The van der Waals surface area contributed by atoms with E-state index >= 15 is 0 Å². The standard InChI is InChI=1S/C31H48ClN3O2/c1-20(2)29(36)35(25-14-8-21(3)9-15-25)26-16-22(4)34(17-26)30(37)28-19-33(31(5,6)7)18-27(28)23-10-12-24(32)13-11-23/h10-13,20-22,25-28H,8-9,14-19H2,1-7H3/t21-,22-,25+,26+,27+,28-/m1/s1. The molecule has 0 spiro atoms. The normalized spacial score (nSPS) is 31.2. The second-order valence-electron chi connectivity index (χ2n) is 13.4. The summed E-state index contributed by atoms with van der Waals surface area (Å²) in [6.07, 6.45) is 5.41. The Balaban J connectivity index is 1.56. The molecule has 2 amide bonds. The van der Waals surface area contributed by atoms with Crippen molar-refractivity contribution in [1.82, 2.24) is 14.7 Å². The van der Waals surface area contributed by atoms with Crippen molar-refractivity contribution in [3.8, 4) is 0 Å². The van der Waals surface area contributed by atoms with Crippen LogP contribution in [0.5, 0.6) is 0 Å². The Hall–Kier alpha value is -1.59. The van der Waals surface area contributed by atoms with Gasteiger partial charge in [-0.25, -0.2) is 0 Å². The summed E-state index contributed by atoms with van der Waals surface area (Å²) in [7, 11) is 0. The van der Waals surface area contributed by atoms with E-state index in [-0.39, 0.29) is 47.2 Å². The molecule has 2 aliphatic heterocycles. The predicted octanol–water partition coefficient (Wildman–Crippen LogP) is 6.21. The monoisotopic (exact) mass is 529 g/mol. The summed E-state index contributed by atoms with van der Waals surface area (Å²) < 4.78 is 0. The van der Waals surface area contributed by atoms with E-state index in [0.29, 0.717) is 12.6 Å². The van der Waals surface area contributed by atoms with Crippen LogP contribution in [-0.2, 0) is 9.59 Å². The zero-order chi connectivity index (χ0) is 27.1. The second kappa shape index (κ2) is 11.3. The summed E-state index contributed by atoms with van der Waals surface area (Å²) in [6.45, 7) is 17.5. The fraction of sp³-hybridized carbons (Fsp3) is 0.742. The molecule has 2 heterocycles.